The summed E-state index contributed by atoms with van der Waals surface area (Å²) < 4.78 is 36.8. The summed E-state index contributed by atoms with van der Waals surface area (Å²) in [5, 5.41) is 5.90. The fourth-order valence-electron chi connectivity index (χ4n) is 3.47. The number of rotatable bonds is 9. The van der Waals surface area contributed by atoms with E-state index in [-0.39, 0.29) is 29.7 Å². The Morgan fingerprint density at radius 2 is 1.61 bits per heavy atom. The first kappa shape index (κ1) is 24.9. The molecular weight excluding hydrogens is 482 g/mol. The standard InChI is InChI=1S/C25H25N5O5S/c1-4-23(31)26-16-8-7-9-18(12-16)30(36(32)33)25-24(28-21-10-5-6-11-22(21)29-25)27-17-13-19(34-2)15-20(14-17)35-3/h5-15H,4H2,1-3H3,(H,26,31)(H,27,28)(H,32,33)/p-1. The predicted molar refractivity (Wildman–Crippen MR) is 139 cm³/mol. The molecule has 1 unspecified atom stereocenters. The molecule has 0 radical (unpaired) electrons. The maximum Gasteiger partial charge on any atom is 0.224 e. The van der Waals surface area contributed by atoms with Crippen LogP contribution in [0.3, 0.4) is 0 Å². The number of para-hydroxylation sites is 2. The van der Waals surface area contributed by atoms with E-state index in [0.29, 0.717) is 33.9 Å². The number of carbonyl (C=O) groups is 1. The number of nitrogens with one attached hydrogen (secondary N) is 2. The second kappa shape index (κ2) is 11.0. The van der Waals surface area contributed by atoms with E-state index in [9.17, 15) is 13.6 Å². The molecule has 11 heteroatoms. The van der Waals surface area contributed by atoms with Crippen LogP contribution in [0.5, 0.6) is 11.5 Å². The second-order valence-corrected chi connectivity index (χ2v) is 8.37. The molecule has 0 aliphatic heterocycles. The van der Waals surface area contributed by atoms with Crippen LogP contribution in [0, 0.1) is 0 Å². The molecule has 0 fully saturated rings. The zero-order valence-corrected chi connectivity index (χ0v) is 20.7. The van der Waals surface area contributed by atoms with E-state index in [2.05, 4.69) is 20.6 Å². The molecule has 4 rings (SSSR count). The molecule has 0 aliphatic carbocycles. The van der Waals surface area contributed by atoms with Gasteiger partial charge in [0.25, 0.3) is 0 Å². The lowest BCUT2D eigenvalue weighted by molar-refractivity contribution is -0.115. The fourth-order valence-corrected chi connectivity index (χ4v) is 4.03. The van der Waals surface area contributed by atoms with Crippen molar-refractivity contribution in [3.8, 4) is 11.5 Å². The third-order valence-corrected chi connectivity index (χ3v) is 5.88. The lowest BCUT2D eigenvalue weighted by Crippen LogP contribution is -2.22. The smallest absolute Gasteiger partial charge is 0.224 e. The van der Waals surface area contributed by atoms with Gasteiger partial charge in [-0.15, -0.1) is 0 Å². The van der Waals surface area contributed by atoms with Gasteiger partial charge in [-0.05, 0) is 30.3 Å². The van der Waals surface area contributed by atoms with Gasteiger partial charge in [0.1, 0.15) is 11.5 Å². The number of hydrogen-bond donors (Lipinski definition) is 2. The van der Waals surface area contributed by atoms with Crippen LogP contribution in [0.25, 0.3) is 11.0 Å². The highest BCUT2D eigenvalue weighted by molar-refractivity contribution is 7.81. The van der Waals surface area contributed by atoms with Crippen LogP contribution in [-0.4, -0.2) is 38.9 Å². The van der Waals surface area contributed by atoms with Gasteiger partial charge in [0.2, 0.25) is 5.91 Å². The Kier molecular flexibility index (Phi) is 7.62. The van der Waals surface area contributed by atoms with Crippen molar-refractivity contribution >= 4 is 56.9 Å². The lowest BCUT2D eigenvalue weighted by Gasteiger charge is -2.27. The number of anilines is 5. The largest absolute Gasteiger partial charge is 0.755 e. The summed E-state index contributed by atoms with van der Waals surface area (Å²) in [6, 6.07) is 18.8. The van der Waals surface area contributed by atoms with E-state index < -0.39 is 11.3 Å². The Balaban J connectivity index is 1.86. The second-order valence-electron chi connectivity index (χ2n) is 7.57. The number of benzene rings is 3. The molecule has 36 heavy (non-hydrogen) atoms. The molecule has 1 atom stereocenters. The minimum absolute atomic E-state index is 0.0442. The highest BCUT2D eigenvalue weighted by Crippen LogP contribution is 2.36. The quantitative estimate of drug-likeness (QED) is 0.313. The highest BCUT2D eigenvalue weighted by atomic mass is 32.2. The lowest BCUT2D eigenvalue weighted by atomic mass is 10.2. The molecule has 1 heterocycles. The summed E-state index contributed by atoms with van der Waals surface area (Å²) in [5.74, 6) is 1.12. The predicted octanol–water partition coefficient (Wildman–Crippen LogP) is 4.67. The number of ether oxygens (including phenoxy) is 2. The Labute approximate surface area is 210 Å². The molecule has 186 valence electrons. The Bertz CT molecular complexity index is 1410. The SMILES string of the molecule is CCC(=O)Nc1cccc(N(c2nc3ccccc3nc2Nc2cc(OC)cc(OC)c2)S(=O)[O-])c1. The Morgan fingerprint density at radius 1 is 0.944 bits per heavy atom. The zero-order chi connectivity index (χ0) is 25.7. The average molecular weight is 507 g/mol. The van der Waals surface area contributed by atoms with Crippen LogP contribution >= 0.6 is 0 Å². The van der Waals surface area contributed by atoms with E-state index in [0.717, 1.165) is 4.31 Å². The van der Waals surface area contributed by atoms with Crippen LogP contribution in [0.1, 0.15) is 13.3 Å². The first-order valence-electron chi connectivity index (χ1n) is 11.0. The minimum atomic E-state index is -2.77. The highest BCUT2D eigenvalue weighted by Gasteiger charge is 2.20. The summed E-state index contributed by atoms with van der Waals surface area (Å²) in [5.41, 5.74) is 2.35. The molecule has 4 aromatic rings. The molecular formula is C25H24N5O5S-. The van der Waals surface area contributed by atoms with Crippen molar-refractivity contribution in [2.45, 2.75) is 13.3 Å². The van der Waals surface area contributed by atoms with E-state index in [4.69, 9.17) is 9.47 Å². The third-order valence-electron chi connectivity index (χ3n) is 5.19. The normalized spacial score (nSPS) is 11.6. The average Bonchev–Trinajstić information content (AvgIpc) is 2.88. The molecule has 2 N–H and O–H groups in total. The van der Waals surface area contributed by atoms with Crippen molar-refractivity contribution in [2.24, 2.45) is 0 Å². The van der Waals surface area contributed by atoms with Gasteiger partial charge < -0.3 is 24.7 Å². The maximum absolute atomic E-state index is 12.5. The third kappa shape index (κ3) is 5.53. The van der Waals surface area contributed by atoms with Crippen LogP contribution in [0.4, 0.5) is 28.7 Å². The first-order valence-corrected chi connectivity index (χ1v) is 12.0. The molecule has 0 saturated heterocycles. The number of nitrogens with zero attached hydrogens (tertiary/aromatic N) is 3. The fraction of sp³-hybridized carbons (Fsp3) is 0.160. The number of methoxy groups -OCH3 is 2. The molecule has 0 aliphatic rings. The summed E-state index contributed by atoms with van der Waals surface area (Å²) in [4.78, 5) is 21.1. The number of aromatic nitrogens is 2. The minimum Gasteiger partial charge on any atom is -0.755 e. The molecule has 0 spiro atoms. The molecule has 3 aromatic carbocycles. The van der Waals surface area contributed by atoms with Crippen LogP contribution in [0.2, 0.25) is 0 Å². The summed E-state index contributed by atoms with van der Waals surface area (Å²) >= 11 is -2.77. The Morgan fingerprint density at radius 3 is 2.22 bits per heavy atom. The van der Waals surface area contributed by atoms with Crippen LogP contribution < -0.4 is 24.4 Å². The van der Waals surface area contributed by atoms with Crippen molar-refractivity contribution in [2.75, 3.05) is 29.2 Å². The van der Waals surface area contributed by atoms with Gasteiger partial charge in [-0.2, -0.15) is 0 Å². The number of amides is 1. The van der Waals surface area contributed by atoms with Gasteiger partial charge in [0.15, 0.2) is 11.6 Å². The van der Waals surface area contributed by atoms with Gasteiger partial charge in [-0.25, -0.2) is 9.97 Å². The molecule has 1 aromatic heterocycles. The molecule has 0 bridgehead atoms. The summed E-state index contributed by atoms with van der Waals surface area (Å²) in [7, 11) is 3.07. The van der Waals surface area contributed by atoms with Crippen LogP contribution in [-0.2, 0) is 16.1 Å². The molecule has 1 amide bonds. The van der Waals surface area contributed by atoms with Crippen molar-refractivity contribution in [1.82, 2.24) is 9.97 Å². The van der Waals surface area contributed by atoms with E-state index in [1.54, 1.807) is 67.6 Å². The Hall–Kier alpha value is -4.22. The van der Waals surface area contributed by atoms with E-state index in [1.165, 1.54) is 14.2 Å². The molecule has 10 nitrogen and oxygen atoms in total. The van der Waals surface area contributed by atoms with Gasteiger partial charge in [-0.1, -0.05) is 25.1 Å². The monoisotopic (exact) mass is 506 g/mol. The van der Waals surface area contributed by atoms with E-state index in [1.807, 2.05) is 6.07 Å². The van der Waals surface area contributed by atoms with Crippen molar-refractivity contribution < 1.29 is 23.0 Å². The van der Waals surface area contributed by atoms with E-state index >= 15 is 0 Å². The van der Waals surface area contributed by atoms with Gasteiger partial charge in [0.05, 0.1) is 42.2 Å². The van der Waals surface area contributed by atoms with Crippen LogP contribution in [0.15, 0.2) is 66.7 Å². The summed E-state index contributed by atoms with van der Waals surface area (Å²) in [6.07, 6.45) is 0.287. The number of hydrogen-bond acceptors (Lipinski definition) is 8. The molecule has 0 saturated carbocycles. The number of carbonyl (C=O) groups excluding carboxylic acids is 1. The van der Waals surface area contributed by atoms with Crippen molar-refractivity contribution in [1.29, 1.82) is 0 Å². The first-order chi connectivity index (χ1) is 17.4. The van der Waals surface area contributed by atoms with Crippen molar-refractivity contribution in [3.05, 3.63) is 66.7 Å². The van der Waals surface area contributed by atoms with Gasteiger partial charge in [-0.3, -0.25) is 13.3 Å². The topological polar surface area (TPSA) is 129 Å². The summed E-state index contributed by atoms with van der Waals surface area (Å²) in [6.45, 7) is 1.73. The van der Waals surface area contributed by atoms with Gasteiger partial charge in [0, 0.05) is 36.0 Å². The van der Waals surface area contributed by atoms with Crippen molar-refractivity contribution in [3.63, 3.8) is 0 Å². The van der Waals surface area contributed by atoms with Gasteiger partial charge >= 0.3 is 0 Å². The number of fused-ring (bicyclic) bond motifs is 1. The maximum atomic E-state index is 12.5. The zero-order valence-electron chi connectivity index (χ0n) is 19.8.